The van der Waals surface area contributed by atoms with Crippen molar-refractivity contribution in [2.45, 2.75) is 235 Å². The van der Waals surface area contributed by atoms with Crippen LogP contribution in [0.4, 0.5) is 0 Å². The minimum atomic E-state index is 0.0481. The lowest BCUT2D eigenvalue weighted by atomic mass is 10.0. The fourth-order valence-corrected chi connectivity index (χ4v) is 11.1. The van der Waals surface area contributed by atoms with Gasteiger partial charge in [-0.05, 0) is 91.0 Å². The summed E-state index contributed by atoms with van der Waals surface area (Å²) in [4.78, 5) is 17.6. The summed E-state index contributed by atoms with van der Waals surface area (Å²) in [6.45, 7) is 9.90. The minimum Gasteiger partial charge on any atom is -0.494 e. The molecule has 0 heterocycles. The van der Waals surface area contributed by atoms with Crippen LogP contribution >= 0.6 is 35.3 Å². The van der Waals surface area contributed by atoms with Gasteiger partial charge in [-0.3, -0.25) is 4.79 Å². The fourth-order valence-electron chi connectivity index (χ4n) is 7.35. The largest absolute Gasteiger partial charge is 0.494 e. The van der Waals surface area contributed by atoms with Crippen LogP contribution in [-0.4, -0.2) is 29.6 Å². The van der Waals surface area contributed by atoms with Gasteiger partial charge >= 0.3 is 0 Å². The molecule has 2 nitrogen and oxygen atoms in total. The van der Waals surface area contributed by atoms with E-state index >= 15 is 0 Å². The van der Waals surface area contributed by atoms with E-state index in [9.17, 15) is 4.79 Å². The van der Waals surface area contributed by atoms with Gasteiger partial charge < -0.3 is 4.74 Å². The van der Waals surface area contributed by atoms with Gasteiger partial charge in [0.05, 0.1) is 6.61 Å². The predicted molar refractivity (Wildman–Crippen MR) is 265 cm³/mol. The summed E-state index contributed by atoms with van der Waals surface area (Å²) >= 11 is 6.12. The summed E-state index contributed by atoms with van der Waals surface area (Å²) in [6.07, 6.45) is 44.3. The number of thioether (sulfide) groups is 3. The second-order valence-corrected chi connectivity index (χ2v) is 20.0. The molecule has 0 bridgehead atoms. The molecule has 330 valence electrons. The first-order valence-electron chi connectivity index (χ1n) is 24.6. The van der Waals surface area contributed by atoms with Crippen molar-refractivity contribution in [1.82, 2.24) is 0 Å². The summed E-state index contributed by atoms with van der Waals surface area (Å²) in [6, 6.07) is 12.5. The van der Waals surface area contributed by atoms with Crippen LogP contribution in [0.2, 0.25) is 0 Å². The number of ether oxygens (including phenoxy) is 1. The Kier molecular flexibility index (Phi) is 35.2. The number of unbranched alkanes of at least 4 members (excludes halogenated alkanes) is 26. The molecule has 0 aromatic heterocycles. The van der Waals surface area contributed by atoms with E-state index < -0.39 is 0 Å². The number of carbonyl (C=O) groups excluding carboxylic acids is 1. The number of hydrogen-bond acceptors (Lipinski definition) is 5. The van der Waals surface area contributed by atoms with E-state index in [0.29, 0.717) is 5.56 Å². The van der Waals surface area contributed by atoms with Crippen LogP contribution in [0, 0.1) is 0 Å². The Balaban J connectivity index is 1.79. The molecule has 0 saturated heterocycles. The molecule has 2 rings (SSSR count). The van der Waals surface area contributed by atoms with Crippen LogP contribution < -0.4 is 4.74 Å². The van der Waals surface area contributed by atoms with E-state index in [1.807, 2.05) is 53.9 Å². The van der Waals surface area contributed by atoms with E-state index in [1.54, 1.807) is 6.08 Å². The number of hydrogen-bond donors (Lipinski definition) is 0. The van der Waals surface area contributed by atoms with Crippen molar-refractivity contribution >= 4 is 47.1 Å². The number of rotatable bonds is 41. The Morgan fingerprint density at radius 3 is 1.24 bits per heavy atom. The lowest BCUT2D eigenvalue weighted by molar-refractivity contribution is 0.104. The SMILES string of the molecule is CCCCCCCCCCCCCCCCCCCCOc1ccc(C(=O)C=Cc2cc(SCCCCCC)c(SCCCCCC)c(SCCCCCC)c2)cc1. The summed E-state index contributed by atoms with van der Waals surface area (Å²) in [7, 11) is 0. The quantitative estimate of drug-likeness (QED) is 0.0287. The molecule has 0 saturated carbocycles. The molecule has 2 aromatic carbocycles. The maximum atomic E-state index is 13.3. The van der Waals surface area contributed by atoms with Crippen LogP contribution in [0.3, 0.4) is 0 Å². The van der Waals surface area contributed by atoms with Crippen LogP contribution in [0.1, 0.15) is 236 Å². The standard InChI is InChI=1S/C53H88O2S3/c1-5-9-13-17-18-19-20-21-22-23-24-25-26-27-28-29-30-31-41-55-49-38-36-48(37-39-49)50(54)40-35-47-45-51(56-42-32-14-10-6-2)53(58-44-34-16-12-8-4)52(46-47)57-43-33-15-11-7-3/h35-40,45-46H,5-34,41-44H2,1-4H3. The molecule has 0 fully saturated rings. The molecule has 2 aromatic rings. The molecule has 0 spiro atoms. The highest BCUT2D eigenvalue weighted by atomic mass is 32.2. The molecule has 0 N–H and O–H groups in total. The number of benzene rings is 2. The normalized spacial score (nSPS) is 11.6. The van der Waals surface area contributed by atoms with Crippen LogP contribution in [-0.2, 0) is 0 Å². The zero-order valence-corrected chi connectivity index (χ0v) is 40.7. The molecule has 0 unspecified atom stereocenters. The predicted octanol–water partition coefficient (Wildman–Crippen LogP) is 19.0. The molecule has 0 aliphatic carbocycles. The van der Waals surface area contributed by atoms with Gasteiger partial charge in [0, 0.05) is 20.2 Å². The number of allylic oxidation sites excluding steroid dienone is 1. The van der Waals surface area contributed by atoms with Gasteiger partial charge in [-0.1, -0.05) is 201 Å². The fraction of sp³-hybridized carbons (Fsp3) is 0.717. The summed E-state index contributed by atoms with van der Waals surface area (Å²) in [5.41, 5.74) is 1.85. The highest BCUT2D eigenvalue weighted by molar-refractivity contribution is 8.03. The second kappa shape index (κ2) is 38.6. The average molecular weight is 853 g/mol. The number of ketones is 1. The van der Waals surface area contributed by atoms with Crippen molar-refractivity contribution in [3.05, 3.63) is 53.6 Å². The van der Waals surface area contributed by atoms with E-state index in [0.717, 1.165) is 35.8 Å². The van der Waals surface area contributed by atoms with Gasteiger partial charge in [0.2, 0.25) is 0 Å². The van der Waals surface area contributed by atoms with Crippen LogP contribution in [0.25, 0.3) is 6.08 Å². The topological polar surface area (TPSA) is 26.3 Å². The van der Waals surface area contributed by atoms with Crippen molar-refractivity contribution in [3.8, 4) is 5.75 Å². The van der Waals surface area contributed by atoms with E-state index in [-0.39, 0.29) is 5.78 Å². The second-order valence-electron chi connectivity index (χ2n) is 16.7. The third-order valence-electron chi connectivity index (χ3n) is 11.1. The van der Waals surface area contributed by atoms with Gasteiger partial charge in [-0.15, -0.1) is 35.3 Å². The molecule has 0 atom stereocenters. The highest BCUT2D eigenvalue weighted by Gasteiger charge is 2.14. The van der Waals surface area contributed by atoms with Gasteiger partial charge in [0.25, 0.3) is 0 Å². The summed E-state index contributed by atoms with van der Waals surface area (Å²) < 4.78 is 6.06. The zero-order chi connectivity index (χ0) is 41.6. The Morgan fingerprint density at radius 1 is 0.466 bits per heavy atom. The van der Waals surface area contributed by atoms with Crippen molar-refractivity contribution < 1.29 is 9.53 Å². The van der Waals surface area contributed by atoms with E-state index in [2.05, 4.69) is 51.6 Å². The lowest BCUT2D eigenvalue weighted by Gasteiger charge is -2.16. The van der Waals surface area contributed by atoms with Crippen LogP contribution in [0.15, 0.2) is 57.2 Å². The molecule has 0 amide bonds. The first-order chi connectivity index (χ1) is 28.6. The maximum absolute atomic E-state index is 13.3. The first-order valence-corrected chi connectivity index (χ1v) is 27.6. The van der Waals surface area contributed by atoms with Crippen molar-refractivity contribution in [2.24, 2.45) is 0 Å². The number of carbonyl (C=O) groups is 1. The summed E-state index contributed by atoms with van der Waals surface area (Å²) in [5, 5.41) is 0. The molecule has 0 aliphatic heterocycles. The Morgan fingerprint density at radius 2 is 0.828 bits per heavy atom. The van der Waals surface area contributed by atoms with Gasteiger partial charge in [0.1, 0.15) is 5.75 Å². The van der Waals surface area contributed by atoms with E-state index in [4.69, 9.17) is 4.74 Å². The Bertz CT molecular complexity index is 1240. The average Bonchev–Trinajstić information content (AvgIpc) is 3.24. The van der Waals surface area contributed by atoms with Crippen molar-refractivity contribution in [1.29, 1.82) is 0 Å². The smallest absolute Gasteiger partial charge is 0.185 e. The molecule has 0 aliphatic rings. The third-order valence-corrected chi connectivity index (χ3v) is 14.9. The molecule has 0 radical (unpaired) electrons. The maximum Gasteiger partial charge on any atom is 0.185 e. The van der Waals surface area contributed by atoms with Crippen LogP contribution in [0.5, 0.6) is 5.75 Å². The Labute approximate surface area is 372 Å². The zero-order valence-electron chi connectivity index (χ0n) is 38.2. The monoisotopic (exact) mass is 853 g/mol. The van der Waals surface area contributed by atoms with Gasteiger partial charge in [0.15, 0.2) is 5.78 Å². The molecular formula is C53H88O2S3. The summed E-state index contributed by atoms with van der Waals surface area (Å²) in [5.74, 6) is 4.40. The Hall–Kier alpha value is -1.30. The third kappa shape index (κ3) is 27.5. The minimum absolute atomic E-state index is 0.0481. The molecule has 5 heteroatoms. The molecular weight excluding hydrogens is 765 g/mol. The molecule has 58 heavy (non-hydrogen) atoms. The van der Waals surface area contributed by atoms with Crippen molar-refractivity contribution in [2.75, 3.05) is 23.9 Å². The van der Waals surface area contributed by atoms with Crippen molar-refractivity contribution in [3.63, 3.8) is 0 Å². The van der Waals surface area contributed by atoms with Gasteiger partial charge in [-0.2, -0.15) is 0 Å². The highest BCUT2D eigenvalue weighted by Crippen LogP contribution is 2.41. The first kappa shape index (κ1) is 52.8. The van der Waals surface area contributed by atoms with Gasteiger partial charge in [-0.25, -0.2) is 0 Å². The lowest BCUT2D eigenvalue weighted by Crippen LogP contribution is -1.99. The van der Waals surface area contributed by atoms with E-state index in [1.165, 1.54) is 207 Å².